The van der Waals surface area contributed by atoms with Crippen LogP contribution in [0.25, 0.3) is 0 Å². The van der Waals surface area contributed by atoms with Gasteiger partial charge in [-0.25, -0.2) is 9.78 Å². The van der Waals surface area contributed by atoms with Crippen LogP contribution in [0, 0.1) is 0 Å². The molecule has 0 saturated carbocycles. The summed E-state index contributed by atoms with van der Waals surface area (Å²) in [4.78, 5) is 30.1. The monoisotopic (exact) mass is 301 g/mol. The zero-order valence-electron chi connectivity index (χ0n) is 12.7. The molecular formula is C16H19N3O3. The maximum atomic E-state index is 11.7. The number of aromatic amines is 1. The first kappa shape index (κ1) is 15.8. The van der Waals surface area contributed by atoms with Gasteiger partial charge in [-0.1, -0.05) is 13.3 Å². The quantitative estimate of drug-likeness (QED) is 0.801. The maximum absolute atomic E-state index is 11.7. The molecule has 6 heteroatoms. The standard InChI is InChI=1S/C16H19N3O3/c1-3-4-5-13-10-14(20)19-16(18-13)17-12-8-6-11(7-9-12)15(21)22-2/h6-10H,3-5H2,1-2H3,(H2,17,18,19,20). The van der Waals surface area contributed by atoms with Crippen LogP contribution < -0.4 is 10.9 Å². The van der Waals surface area contributed by atoms with Crippen molar-refractivity contribution >= 4 is 17.6 Å². The fourth-order valence-corrected chi connectivity index (χ4v) is 2.00. The molecule has 2 aromatic rings. The molecule has 22 heavy (non-hydrogen) atoms. The van der Waals surface area contributed by atoms with E-state index in [1.165, 1.54) is 13.2 Å². The van der Waals surface area contributed by atoms with Gasteiger partial charge in [0.1, 0.15) is 0 Å². The number of hydrogen-bond donors (Lipinski definition) is 2. The number of aryl methyl sites for hydroxylation is 1. The molecule has 0 spiro atoms. The van der Waals surface area contributed by atoms with E-state index in [0.29, 0.717) is 11.5 Å². The first-order chi connectivity index (χ1) is 10.6. The van der Waals surface area contributed by atoms with Crippen LogP contribution in [-0.2, 0) is 11.2 Å². The predicted octanol–water partition coefficient (Wildman–Crippen LogP) is 2.64. The van der Waals surface area contributed by atoms with Gasteiger partial charge in [0.25, 0.3) is 5.56 Å². The molecule has 1 aromatic carbocycles. The van der Waals surface area contributed by atoms with Crippen LogP contribution in [0.3, 0.4) is 0 Å². The molecule has 2 rings (SSSR count). The Morgan fingerprint density at radius 3 is 2.68 bits per heavy atom. The second kappa shape index (κ2) is 7.40. The van der Waals surface area contributed by atoms with E-state index in [0.717, 1.165) is 30.6 Å². The van der Waals surface area contributed by atoms with Crippen molar-refractivity contribution in [3.05, 3.63) is 51.9 Å². The Morgan fingerprint density at radius 2 is 2.05 bits per heavy atom. The number of carbonyl (C=O) groups excluding carboxylic acids is 1. The molecule has 0 atom stereocenters. The molecule has 0 aliphatic carbocycles. The van der Waals surface area contributed by atoms with Gasteiger partial charge in [-0.05, 0) is 37.1 Å². The Morgan fingerprint density at radius 1 is 1.32 bits per heavy atom. The summed E-state index contributed by atoms with van der Waals surface area (Å²) in [5.74, 6) is 0.00376. The smallest absolute Gasteiger partial charge is 0.337 e. The maximum Gasteiger partial charge on any atom is 0.337 e. The molecule has 0 aliphatic rings. The van der Waals surface area contributed by atoms with Crippen LogP contribution in [-0.4, -0.2) is 23.0 Å². The van der Waals surface area contributed by atoms with Crippen molar-refractivity contribution < 1.29 is 9.53 Å². The van der Waals surface area contributed by atoms with Gasteiger partial charge < -0.3 is 10.1 Å². The fraction of sp³-hybridized carbons (Fsp3) is 0.312. The number of methoxy groups -OCH3 is 1. The number of anilines is 2. The van der Waals surface area contributed by atoms with Crippen molar-refractivity contribution in [2.45, 2.75) is 26.2 Å². The van der Waals surface area contributed by atoms with E-state index in [1.54, 1.807) is 24.3 Å². The lowest BCUT2D eigenvalue weighted by atomic mass is 10.2. The minimum absolute atomic E-state index is 0.185. The number of hydrogen-bond acceptors (Lipinski definition) is 5. The van der Waals surface area contributed by atoms with E-state index < -0.39 is 0 Å². The zero-order chi connectivity index (χ0) is 15.9. The minimum Gasteiger partial charge on any atom is -0.465 e. The molecule has 1 heterocycles. The van der Waals surface area contributed by atoms with Gasteiger partial charge in [-0.2, -0.15) is 0 Å². The lowest BCUT2D eigenvalue weighted by Gasteiger charge is -2.07. The van der Waals surface area contributed by atoms with Crippen LogP contribution in [0.4, 0.5) is 11.6 Å². The zero-order valence-corrected chi connectivity index (χ0v) is 12.7. The second-order valence-corrected chi connectivity index (χ2v) is 4.88. The molecule has 0 radical (unpaired) electrons. The van der Waals surface area contributed by atoms with Crippen molar-refractivity contribution in [1.82, 2.24) is 9.97 Å². The largest absolute Gasteiger partial charge is 0.465 e. The van der Waals surface area contributed by atoms with Gasteiger partial charge in [-0.15, -0.1) is 0 Å². The van der Waals surface area contributed by atoms with Crippen molar-refractivity contribution in [3.8, 4) is 0 Å². The van der Waals surface area contributed by atoms with Crippen LogP contribution >= 0.6 is 0 Å². The average Bonchev–Trinajstić information content (AvgIpc) is 2.52. The van der Waals surface area contributed by atoms with Crippen molar-refractivity contribution in [3.63, 3.8) is 0 Å². The Labute approximate surface area is 128 Å². The average molecular weight is 301 g/mol. The van der Waals surface area contributed by atoms with Gasteiger partial charge in [0.15, 0.2) is 0 Å². The summed E-state index contributed by atoms with van der Waals surface area (Å²) < 4.78 is 4.64. The molecule has 0 unspecified atom stereocenters. The van der Waals surface area contributed by atoms with Gasteiger partial charge in [0, 0.05) is 17.4 Å². The summed E-state index contributed by atoms with van der Waals surface area (Å²) in [5.41, 5.74) is 1.77. The number of rotatable bonds is 6. The number of unbranched alkanes of at least 4 members (excludes halogenated alkanes) is 1. The second-order valence-electron chi connectivity index (χ2n) is 4.88. The number of carbonyl (C=O) groups is 1. The molecule has 0 bridgehead atoms. The number of aromatic nitrogens is 2. The van der Waals surface area contributed by atoms with E-state index >= 15 is 0 Å². The van der Waals surface area contributed by atoms with Crippen LogP contribution in [0.5, 0.6) is 0 Å². The van der Waals surface area contributed by atoms with E-state index in [4.69, 9.17) is 0 Å². The summed E-state index contributed by atoms with van der Waals surface area (Å²) in [7, 11) is 1.34. The SMILES string of the molecule is CCCCc1cc(=O)[nH]c(Nc2ccc(C(=O)OC)cc2)n1. The molecule has 116 valence electrons. The third-order valence-electron chi connectivity index (χ3n) is 3.15. The van der Waals surface area contributed by atoms with Crippen LogP contribution in [0.1, 0.15) is 35.8 Å². The number of H-pyrrole nitrogens is 1. The lowest BCUT2D eigenvalue weighted by molar-refractivity contribution is 0.0601. The summed E-state index contributed by atoms with van der Waals surface area (Å²) in [6, 6.07) is 8.26. The molecule has 6 nitrogen and oxygen atoms in total. The molecule has 0 saturated heterocycles. The molecule has 1 aromatic heterocycles. The van der Waals surface area contributed by atoms with Gasteiger partial charge in [-0.3, -0.25) is 9.78 Å². The number of benzene rings is 1. The summed E-state index contributed by atoms with van der Waals surface area (Å²) in [6.45, 7) is 2.09. The third-order valence-corrected chi connectivity index (χ3v) is 3.15. The molecule has 0 aliphatic heterocycles. The summed E-state index contributed by atoms with van der Waals surface area (Å²) >= 11 is 0. The first-order valence-corrected chi connectivity index (χ1v) is 7.18. The fourth-order valence-electron chi connectivity index (χ4n) is 2.00. The third kappa shape index (κ3) is 4.18. The van der Waals surface area contributed by atoms with Gasteiger partial charge >= 0.3 is 5.97 Å². The van der Waals surface area contributed by atoms with E-state index in [1.807, 2.05) is 0 Å². The van der Waals surface area contributed by atoms with E-state index in [-0.39, 0.29) is 11.5 Å². The topological polar surface area (TPSA) is 84.1 Å². The Bertz CT molecular complexity index is 693. The minimum atomic E-state index is -0.389. The summed E-state index contributed by atoms with van der Waals surface area (Å²) in [6.07, 6.45) is 2.81. The first-order valence-electron chi connectivity index (χ1n) is 7.18. The number of ether oxygens (including phenoxy) is 1. The van der Waals surface area contributed by atoms with Crippen molar-refractivity contribution in [1.29, 1.82) is 0 Å². The van der Waals surface area contributed by atoms with Crippen LogP contribution in [0.2, 0.25) is 0 Å². The normalized spacial score (nSPS) is 10.3. The number of esters is 1. The van der Waals surface area contributed by atoms with Gasteiger partial charge in [0.2, 0.25) is 5.95 Å². The van der Waals surface area contributed by atoms with Crippen molar-refractivity contribution in [2.24, 2.45) is 0 Å². The Balaban J connectivity index is 2.14. The Kier molecular flexibility index (Phi) is 5.30. The highest BCUT2D eigenvalue weighted by Crippen LogP contribution is 2.14. The number of nitrogens with zero attached hydrogens (tertiary/aromatic N) is 1. The summed E-state index contributed by atoms with van der Waals surface area (Å²) in [5, 5.41) is 3.03. The highest BCUT2D eigenvalue weighted by Gasteiger charge is 2.06. The predicted molar refractivity (Wildman–Crippen MR) is 84.5 cm³/mol. The van der Waals surface area contributed by atoms with E-state index in [2.05, 4.69) is 26.9 Å². The molecule has 0 fully saturated rings. The highest BCUT2D eigenvalue weighted by molar-refractivity contribution is 5.89. The van der Waals surface area contributed by atoms with Crippen LogP contribution in [0.15, 0.2) is 35.1 Å². The van der Waals surface area contributed by atoms with Crippen molar-refractivity contribution in [2.75, 3.05) is 12.4 Å². The van der Waals surface area contributed by atoms with E-state index in [9.17, 15) is 9.59 Å². The van der Waals surface area contributed by atoms with Gasteiger partial charge in [0.05, 0.1) is 12.7 Å². The molecule has 2 N–H and O–H groups in total. The highest BCUT2D eigenvalue weighted by atomic mass is 16.5. The Hall–Kier alpha value is -2.63. The molecular weight excluding hydrogens is 282 g/mol. The number of nitrogens with one attached hydrogen (secondary N) is 2. The lowest BCUT2D eigenvalue weighted by Crippen LogP contribution is -2.12. The molecule has 0 amide bonds.